The zero-order valence-electron chi connectivity index (χ0n) is 24.9. The summed E-state index contributed by atoms with van der Waals surface area (Å²) in [7, 11) is 2.11. The number of hydrogen-bond donors (Lipinski definition) is 1. The number of allylic oxidation sites excluding steroid dienone is 1. The van der Waals surface area contributed by atoms with Crippen molar-refractivity contribution in [2.24, 2.45) is 5.92 Å². The highest BCUT2D eigenvalue weighted by atomic mass is 16.7. The zero-order chi connectivity index (χ0) is 29.7. The molecule has 7 atom stereocenters. The number of rotatable bonds is 5. The molecule has 2 aliphatic carbocycles. The fourth-order valence-corrected chi connectivity index (χ4v) is 9.18. The van der Waals surface area contributed by atoms with E-state index in [1.807, 2.05) is 30.3 Å². The number of carbonyl (C=O) groups is 3. The molecule has 1 N–H and O–H groups in total. The topological polar surface area (TPSA) is 90.4 Å². The zero-order valence-corrected chi connectivity index (χ0v) is 24.9. The monoisotopic (exact) mass is 581 g/mol. The van der Waals surface area contributed by atoms with Gasteiger partial charge in [-0.25, -0.2) is 0 Å². The molecular weight excluding hydrogens is 542 g/mol. The lowest BCUT2D eigenvalue weighted by atomic mass is 9.69. The first kappa shape index (κ1) is 27.2. The molecule has 0 spiro atoms. The van der Waals surface area contributed by atoms with Crippen LogP contribution >= 0.6 is 0 Å². The maximum atomic E-state index is 14.3. The number of carbonyl (C=O) groups excluding carboxylic acids is 3. The van der Waals surface area contributed by atoms with Crippen LogP contribution in [-0.2, 0) is 32.0 Å². The molecule has 2 aromatic rings. The number of ketones is 1. The first-order chi connectivity index (χ1) is 20.7. The van der Waals surface area contributed by atoms with Gasteiger partial charge in [0.25, 0.3) is 11.8 Å². The van der Waals surface area contributed by atoms with Gasteiger partial charge in [-0.2, -0.15) is 0 Å². The van der Waals surface area contributed by atoms with Crippen LogP contribution in [0.1, 0.15) is 67.2 Å². The molecule has 1 unspecified atom stereocenters. The molecule has 8 nitrogen and oxygen atoms in total. The van der Waals surface area contributed by atoms with Crippen molar-refractivity contribution in [3.8, 4) is 0 Å². The van der Waals surface area contributed by atoms with Crippen molar-refractivity contribution in [3.63, 3.8) is 0 Å². The van der Waals surface area contributed by atoms with Crippen LogP contribution in [0.4, 0.5) is 0 Å². The number of likely N-dealkylation sites (tertiary alicyclic amines) is 1. The highest BCUT2D eigenvalue weighted by Gasteiger charge is 2.69. The lowest BCUT2D eigenvalue weighted by Crippen LogP contribution is -2.71. The number of fused-ring (bicyclic) bond motifs is 5. The van der Waals surface area contributed by atoms with Crippen molar-refractivity contribution < 1.29 is 24.2 Å². The maximum absolute atomic E-state index is 14.3. The van der Waals surface area contributed by atoms with Gasteiger partial charge < -0.3 is 19.6 Å². The number of piperidine rings is 1. The highest BCUT2D eigenvalue weighted by Crippen LogP contribution is 2.51. The Morgan fingerprint density at radius 2 is 1.93 bits per heavy atom. The summed E-state index contributed by atoms with van der Waals surface area (Å²) in [6.45, 7) is 2.78. The molecule has 8 rings (SSSR count). The van der Waals surface area contributed by atoms with Crippen LogP contribution in [0.25, 0.3) is 5.57 Å². The smallest absolute Gasteiger partial charge is 0.274 e. The largest absolute Gasteiger partial charge is 0.347 e. The standard InChI is InChI=1S/C35H39N3O5/c1-34(19-29(39)24-17-26-25-11-6-10-22-13-14-23(31(22)25)18-27(26)36(2)20-24)33(41)38-28(16-21-8-4-3-5-9-21)32(40)37-15-7-12-30(37)35(38,42)43-34/h3-6,8-11,14,24,26-28,30,42H,7,12-13,15-20H2,1-2H3/t24-,26-,27-,28?,30+,34+,35+/m1/s1. The number of nitrogens with zero attached hydrogens (tertiary/aromatic N) is 3. The second kappa shape index (κ2) is 9.58. The van der Waals surface area contributed by atoms with Gasteiger partial charge in [0.2, 0.25) is 5.91 Å². The molecule has 4 fully saturated rings. The van der Waals surface area contributed by atoms with E-state index >= 15 is 0 Å². The number of piperazine rings is 1. The Bertz CT molecular complexity index is 1560. The van der Waals surface area contributed by atoms with Crippen molar-refractivity contribution >= 4 is 23.2 Å². The van der Waals surface area contributed by atoms with Gasteiger partial charge >= 0.3 is 0 Å². The summed E-state index contributed by atoms with van der Waals surface area (Å²) in [4.78, 5) is 47.4. The molecule has 6 aliphatic rings. The van der Waals surface area contributed by atoms with Gasteiger partial charge in [-0.1, -0.05) is 54.6 Å². The van der Waals surface area contributed by atoms with Crippen LogP contribution in [0.2, 0.25) is 0 Å². The lowest BCUT2D eigenvalue weighted by Gasteiger charge is -2.49. The van der Waals surface area contributed by atoms with E-state index in [2.05, 4.69) is 36.2 Å². The number of benzene rings is 2. The van der Waals surface area contributed by atoms with E-state index in [1.165, 1.54) is 27.2 Å². The van der Waals surface area contributed by atoms with E-state index in [0.717, 1.165) is 31.2 Å². The predicted octanol–water partition coefficient (Wildman–Crippen LogP) is 3.27. The van der Waals surface area contributed by atoms with Crippen molar-refractivity contribution in [2.45, 2.75) is 87.4 Å². The molecule has 4 heterocycles. The second-order valence-corrected chi connectivity index (χ2v) is 13.8. The molecule has 0 saturated carbocycles. The van der Waals surface area contributed by atoms with Crippen LogP contribution in [0.15, 0.2) is 54.6 Å². The van der Waals surface area contributed by atoms with E-state index in [4.69, 9.17) is 4.74 Å². The first-order valence-corrected chi connectivity index (χ1v) is 15.8. The fourth-order valence-electron chi connectivity index (χ4n) is 9.18. The Kier molecular flexibility index (Phi) is 6.07. The predicted molar refractivity (Wildman–Crippen MR) is 160 cm³/mol. The van der Waals surface area contributed by atoms with E-state index in [0.29, 0.717) is 25.6 Å². The lowest BCUT2D eigenvalue weighted by molar-refractivity contribution is -0.312. The highest BCUT2D eigenvalue weighted by molar-refractivity contribution is 5.98. The van der Waals surface area contributed by atoms with E-state index in [-0.39, 0.29) is 36.4 Å². The molecule has 43 heavy (non-hydrogen) atoms. The number of hydrogen-bond acceptors (Lipinski definition) is 6. The summed E-state index contributed by atoms with van der Waals surface area (Å²) in [5.74, 6) is -2.61. The van der Waals surface area contributed by atoms with E-state index < -0.39 is 29.5 Å². The third-order valence-corrected chi connectivity index (χ3v) is 11.2. The minimum atomic E-state index is -1.96. The molecule has 2 amide bonds. The molecule has 8 heteroatoms. The van der Waals surface area contributed by atoms with Gasteiger partial charge in [0.15, 0.2) is 5.60 Å². The van der Waals surface area contributed by atoms with Gasteiger partial charge in [-0.15, -0.1) is 0 Å². The summed E-state index contributed by atoms with van der Waals surface area (Å²) in [6, 6.07) is 15.0. The summed E-state index contributed by atoms with van der Waals surface area (Å²) < 4.78 is 6.37. The van der Waals surface area contributed by atoms with Gasteiger partial charge in [0, 0.05) is 43.8 Å². The third kappa shape index (κ3) is 3.95. The molecular formula is C35H39N3O5. The Morgan fingerprint density at radius 3 is 2.74 bits per heavy atom. The SMILES string of the molecule is CN1C[C@H](C(=O)C[C@]2(C)O[C@@]3(O)[C@@H]4CCCN4C(=O)C(Cc4ccccc4)N3C2=O)C[C@@H]2c3cccc4c3C(=CC4)C[C@H]21. The van der Waals surface area contributed by atoms with Gasteiger partial charge in [-0.05, 0) is 73.9 Å². The summed E-state index contributed by atoms with van der Waals surface area (Å²) >= 11 is 0. The average Bonchev–Trinajstić information content (AvgIpc) is 3.70. The van der Waals surface area contributed by atoms with Gasteiger partial charge in [0.05, 0.1) is 0 Å². The van der Waals surface area contributed by atoms with Crippen LogP contribution < -0.4 is 0 Å². The molecule has 0 radical (unpaired) electrons. The van der Waals surface area contributed by atoms with Crippen LogP contribution in [0.5, 0.6) is 0 Å². The fraction of sp³-hybridized carbons (Fsp3) is 0.514. The Morgan fingerprint density at radius 1 is 1.12 bits per heavy atom. The van der Waals surface area contributed by atoms with Gasteiger partial charge in [-0.3, -0.25) is 19.3 Å². The normalized spacial score (nSPS) is 36.3. The van der Waals surface area contributed by atoms with Crippen molar-refractivity contribution in [3.05, 3.63) is 76.9 Å². The first-order valence-electron chi connectivity index (χ1n) is 15.8. The summed E-state index contributed by atoms with van der Waals surface area (Å²) in [5.41, 5.74) is 4.90. The van der Waals surface area contributed by atoms with E-state index in [1.54, 1.807) is 11.8 Å². The van der Waals surface area contributed by atoms with E-state index in [9.17, 15) is 19.5 Å². The molecule has 0 aromatic heterocycles. The number of aliphatic hydroxyl groups is 1. The maximum Gasteiger partial charge on any atom is 0.274 e. The molecule has 224 valence electrons. The Labute approximate surface area is 252 Å². The Balaban J connectivity index is 1.07. The van der Waals surface area contributed by atoms with Gasteiger partial charge in [0.1, 0.15) is 17.9 Å². The summed E-state index contributed by atoms with van der Waals surface area (Å²) in [5, 5.41) is 12.1. The molecule has 4 aliphatic heterocycles. The molecule has 4 saturated heterocycles. The minimum absolute atomic E-state index is 0.0206. The number of ether oxygens (including phenoxy) is 1. The second-order valence-electron chi connectivity index (χ2n) is 13.8. The third-order valence-electron chi connectivity index (χ3n) is 11.2. The quantitative estimate of drug-likeness (QED) is 0.583. The molecule has 2 aromatic carbocycles. The molecule has 0 bridgehead atoms. The van der Waals surface area contributed by atoms with Crippen LogP contribution in [0, 0.1) is 5.92 Å². The number of Topliss-reactive ketones (excluding diaryl/α,β-unsaturated/α-hetero) is 1. The number of likely N-dealkylation sites (N-methyl/N-ethyl adjacent to an activating group) is 1. The van der Waals surface area contributed by atoms with Crippen molar-refractivity contribution in [1.29, 1.82) is 0 Å². The summed E-state index contributed by atoms with van der Waals surface area (Å²) in [6.07, 6.45) is 6.50. The number of amides is 2. The van der Waals surface area contributed by atoms with Crippen LogP contribution in [0.3, 0.4) is 0 Å². The van der Waals surface area contributed by atoms with Crippen LogP contribution in [-0.4, -0.2) is 87.2 Å². The Hall–Kier alpha value is -3.33. The minimum Gasteiger partial charge on any atom is -0.347 e. The average molecular weight is 582 g/mol. The van der Waals surface area contributed by atoms with Crippen molar-refractivity contribution in [2.75, 3.05) is 20.1 Å². The van der Waals surface area contributed by atoms with Crippen molar-refractivity contribution in [1.82, 2.24) is 14.7 Å².